The van der Waals surface area contributed by atoms with Crippen molar-refractivity contribution in [3.8, 4) is 22.8 Å². The monoisotopic (exact) mass is 440 g/mol. The summed E-state index contributed by atoms with van der Waals surface area (Å²) < 4.78 is 33.2. The van der Waals surface area contributed by atoms with Crippen molar-refractivity contribution in [1.29, 1.82) is 0 Å². The topological polar surface area (TPSA) is 105 Å². The Kier molecular flexibility index (Phi) is 5.94. The summed E-state index contributed by atoms with van der Waals surface area (Å²) >= 11 is 0. The maximum absolute atomic E-state index is 12.8. The molecule has 2 aromatic carbocycles. The van der Waals surface area contributed by atoms with Crippen molar-refractivity contribution in [3.63, 3.8) is 0 Å². The number of nitrogens with zero attached hydrogens (tertiary/aromatic N) is 3. The van der Waals surface area contributed by atoms with Gasteiger partial charge in [-0.05, 0) is 55.7 Å². The van der Waals surface area contributed by atoms with Gasteiger partial charge >= 0.3 is 0 Å². The predicted octanol–water partition coefficient (Wildman–Crippen LogP) is 3.65. The van der Waals surface area contributed by atoms with Crippen molar-refractivity contribution < 1.29 is 18.3 Å². The molecule has 162 valence electrons. The van der Waals surface area contributed by atoms with E-state index in [0.717, 1.165) is 37.3 Å². The summed E-state index contributed by atoms with van der Waals surface area (Å²) in [5.74, 6) is 0.827. The summed E-state index contributed by atoms with van der Waals surface area (Å²) in [6.45, 7) is 1.98. The maximum Gasteiger partial charge on any atom is 0.265 e. The van der Waals surface area contributed by atoms with Gasteiger partial charge in [-0.3, -0.25) is 4.72 Å². The van der Waals surface area contributed by atoms with Gasteiger partial charge in [-0.2, -0.15) is 0 Å². The Morgan fingerprint density at radius 1 is 1.00 bits per heavy atom. The molecule has 4 rings (SSSR count). The Labute approximate surface area is 181 Å². The Hall–Kier alpha value is -3.33. The van der Waals surface area contributed by atoms with Crippen LogP contribution in [0.4, 0.5) is 11.5 Å². The molecule has 0 bridgehead atoms. The largest absolute Gasteiger partial charge is 0.507 e. The lowest BCUT2D eigenvalue weighted by molar-refractivity contribution is 0.408. The van der Waals surface area contributed by atoms with E-state index in [9.17, 15) is 13.5 Å². The molecule has 0 spiro atoms. The van der Waals surface area contributed by atoms with Gasteiger partial charge in [0.2, 0.25) is 0 Å². The molecule has 1 fully saturated rings. The second-order valence-corrected chi connectivity index (χ2v) is 9.00. The number of hydrogen-bond donors (Lipinski definition) is 2. The minimum Gasteiger partial charge on any atom is -0.507 e. The normalized spacial score (nSPS) is 14.3. The number of phenolic OH excluding ortho intramolecular Hbond substituents is 1. The van der Waals surface area contributed by atoms with E-state index in [2.05, 4.69) is 19.8 Å². The molecule has 1 aliphatic rings. The Balaban J connectivity index is 1.56. The highest BCUT2D eigenvalue weighted by Crippen LogP contribution is 2.30. The summed E-state index contributed by atoms with van der Waals surface area (Å²) in [7, 11) is -2.59. The first-order chi connectivity index (χ1) is 15.0. The number of nitrogens with one attached hydrogen (secondary N) is 1. The number of anilines is 2. The fraction of sp³-hybridized carbons (Fsp3) is 0.273. The number of piperidine rings is 1. The number of rotatable bonds is 6. The molecule has 3 aromatic rings. The van der Waals surface area contributed by atoms with Gasteiger partial charge in [0.05, 0.1) is 12.8 Å². The van der Waals surface area contributed by atoms with Crippen LogP contribution in [0.5, 0.6) is 11.5 Å². The van der Waals surface area contributed by atoms with E-state index in [1.807, 2.05) is 18.2 Å². The number of aromatic hydroxyl groups is 1. The third kappa shape index (κ3) is 4.72. The molecule has 0 unspecified atom stereocenters. The van der Waals surface area contributed by atoms with Crippen molar-refractivity contribution >= 4 is 21.5 Å². The van der Waals surface area contributed by atoms with Gasteiger partial charge in [0.25, 0.3) is 10.0 Å². The summed E-state index contributed by atoms with van der Waals surface area (Å²) in [6.07, 6.45) is 3.57. The second-order valence-electron chi connectivity index (χ2n) is 7.34. The molecule has 0 radical (unpaired) electrons. The van der Waals surface area contributed by atoms with Gasteiger partial charge in [-0.15, -0.1) is 10.2 Å². The van der Waals surface area contributed by atoms with E-state index in [0.29, 0.717) is 17.1 Å². The van der Waals surface area contributed by atoms with Crippen LogP contribution in [0, 0.1) is 0 Å². The molecule has 0 atom stereocenters. The first-order valence-electron chi connectivity index (χ1n) is 10.1. The first-order valence-corrected chi connectivity index (χ1v) is 11.5. The number of benzene rings is 2. The number of phenols is 1. The van der Waals surface area contributed by atoms with Crippen LogP contribution < -0.4 is 14.4 Å². The fourth-order valence-electron chi connectivity index (χ4n) is 3.56. The highest BCUT2D eigenvalue weighted by atomic mass is 32.2. The highest BCUT2D eigenvalue weighted by molar-refractivity contribution is 7.92. The molecule has 9 heteroatoms. The Bertz CT molecular complexity index is 1160. The van der Waals surface area contributed by atoms with Crippen LogP contribution in [0.25, 0.3) is 11.3 Å². The second kappa shape index (κ2) is 8.81. The lowest BCUT2D eigenvalue weighted by Gasteiger charge is -2.27. The zero-order valence-electron chi connectivity index (χ0n) is 17.2. The zero-order valence-corrected chi connectivity index (χ0v) is 18.0. The molecular weight excluding hydrogens is 416 g/mol. The third-order valence-electron chi connectivity index (χ3n) is 5.20. The Morgan fingerprint density at radius 2 is 1.81 bits per heavy atom. The standard InChI is InChI=1S/C22H24N4O4S/c1-30-18-8-10-20(27)21(15-18)31(28,29)25-17-7-5-6-16(14-17)19-9-11-22(24-23-19)26-12-3-2-4-13-26/h5-11,14-15,25,27H,2-4,12-13H2,1H3. The first kappa shape index (κ1) is 20.9. The molecule has 31 heavy (non-hydrogen) atoms. The minimum atomic E-state index is -4.02. The quantitative estimate of drug-likeness (QED) is 0.603. The maximum atomic E-state index is 12.8. The highest BCUT2D eigenvalue weighted by Gasteiger charge is 2.20. The van der Waals surface area contributed by atoms with Gasteiger partial charge in [0.15, 0.2) is 5.82 Å². The van der Waals surface area contributed by atoms with E-state index >= 15 is 0 Å². The molecule has 0 amide bonds. The van der Waals surface area contributed by atoms with Crippen molar-refractivity contribution in [2.45, 2.75) is 24.2 Å². The third-order valence-corrected chi connectivity index (χ3v) is 6.61. The van der Waals surface area contributed by atoms with Crippen LogP contribution in [-0.2, 0) is 10.0 Å². The molecule has 8 nitrogen and oxygen atoms in total. The van der Waals surface area contributed by atoms with Crippen molar-refractivity contribution in [2.24, 2.45) is 0 Å². The van der Waals surface area contributed by atoms with Gasteiger partial charge in [0, 0.05) is 30.4 Å². The molecule has 2 heterocycles. The fourth-order valence-corrected chi connectivity index (χ4v) is 4.72. The van der Waals surface area contributed by atoms with Crippen LogP contribution >= 0.6 is 0 Å². The lowest BCUT2D eigenvalue weighted by atomic mass is 10.1. The SMILES string of the molecule is COc1ccc(O)c(S(=O)(=O)Nc2cccc(-c3ccc(N4CCCCC4)nn3)c2)c1. The summed E-state index contributed by atoms with van der Waals surface area (Å²) in [4.78, 5) is 1.97. The number of ether oxygens (including phenoxy) is 1. The molecule has 1 aliphatic heterocycles. The van der Waals surface area contributed by atoms with Gasteiger partial charge in [0.1, 0.15) is 16.4 Å². The summed E-state index contributed by atoms with van der Waals surface area (Å²) in [6, 6.07) is 14.8. The van der Waals surface area contributed by atoms with E-state index in [4.69, 9.17) is 4.74 Å². The number of sulfonamides is 1. The molecule has 1 saturated heterocycles. The average Bonchev–Trinajstić information content (AvgIpc) is 2.80. The smallest absolute Gasteiger partial charge is 0.265 e. The number of methoxy groups -OCH3 is 1. The molecule has 2 N–H and O–H groups in total. The van der Waals surface area contributed by atoms with Crippen LogP contribution in [0.3, 0.4) is 0 Å². The molecule has 0 aliphatic carbocycles. The predicted molar refractivity (Wildman–Crippen MR) is 119 cm³/mol. The Morgan fingerprint density at radius 3 is 2.52 bits per heavy atom. The minimum absolute atomic E-state index is 0.261. The summed E-state index contributed by atoms with van der Waals surface area (Å²) in [5.41, 5.74) is 1.72. The van der Waals surface area contributed by atoms with Crippen LogP contribution in [0.15, 0.2) is 59.5 Å². The summed E-state index contributed by atoms with van der Waals surface area (Å²) in [5, 5.41) is 18.7. The number of hydrogen-bond acceptors (Lipinski definition) is 7. The van der Waals surface area contributed by atoms with E-state index in [1.54, 1.807) is 18.2 Å². The van der Waals surface area contributed by atoms with Gasteiger partial charge in [-0.25, -0.2) is 8.42 Å². The van der Waals surface area contributed by atoms with E-state index in [-0.39, 0.29) is 10.6 Å². The van der Waals surface area contributed by atoms with Crippen molar-refractivity contribution in [1.82, 2.24) is 10.2 Å². The van der Waals surface area contributed by atoms with Gasteiger partial charge in [-0.1, -0.05) is 12.1 Å². The lowest BCUT2D eigenvalue weighted by Crippen LogP contribution is -2.30. The van der Waals surface area contributed by atoms with Crippen LogP contribution in [-0.4, -0.2) is 43.9 Å². The average molecular weight is 441 g/mol. The molecular formula is C22H24N4O4S. The zero-order chi connectivity index (χ0) is 21.8. The molecule has 0 saturated carbocycles. The van der Waals surface area contributed by atoms with Crippen molar-refractivity contribution in [3.05, 3.63) is 54.6 Å². The molecule has 1 aromatic heterocycles. The van der Waals surface area contributed by atoms with Crippen molar-refractivity contribution in [2.75, 3.05) is 29.8 Å². The van der Waals surface area contributed by atoms with Gasteiger partial charge < -0.3 is 14.7 Å². The number of aromatic nitrogens is 2. The van der Waals surface area contributed by atoms with E-state index in [1.165, 1.54) is 31.7 Å². The van der Waals surface area contributed by atoms with E-state index < -0.39 is 10.0 Å². The van der Waals surface area contributed by atoms with Crippen LogP contribution in [0.2, 0.25) is 0 Å². The van der Waals surface area contributed by atoms with Crippen LogP contribution in [0.1, 0.15) is 19.3 Å².